The minimum Gasteiger partial charge on any atom is -0.454 e. The average Bonchev–Trinajstić information content (AvgIpc) is 3.10. The van der Waals surface area contributed by atoms with Gasteiger partial charge in [-0.25, -0.2) is 4.98 Å². The van der Waals surface area contributed by atoms with Crippen LogP contribution >= 0.6 is 0 Å². The van der Waals surface area contributed by atoms with E-state index in [-0.39, 0.29) is 12.5 Å². The standard InChI is InChI=1S/C14H13N3O3/c1-2-13-17-10(6-15)14(20-13)16-7-9-3-4-11-12(5-9)19-8-18-11/h3-5,16H,2,7-8H2,1H3. The number of nitrogens with one attached hydrogen (secondary N) is 1. The lowest BCUT2D eigenvalue weighted by Gasteiger charge is -2.04. The number of hydrogen-bond acceptors (Lipinski definition) is 6. The van der Waals surface area contributed by atoms with Gasteiger partial charge in [0.25, 0.3) is 0 Å². The molecule has 0 unspecified atom stereocenters. The van der Waals surface area contributed by atoms with Crippen LogP contribution in [-0.2, 0) is 13.0 Å². The molecular weight excluding hydrogens is 258 g/mol. The summed E-state index contributed by atoms with van der Waals surface area (Å²) in [5.41, 5.74) is 1.29. The fourth-order valence-electron chi connectivity index (χ4n) is 1.94. The van der Waals surface area contributed by atoms with Gasteiger partial charge in [-0.05, 0) is 17.7 Å². The number of aromatic nitrogens is 1. The summed E-state index contributed by atoms with van der Waals surface area (Å²) in [6, 6.07) is 7.72. The Morgan fingerprint density at radius 2 is 2.20 bits per heavy atom. The van der Waals surface area contributed by atoms with E-state index in [1.807, 2.05) is 31.2 Å². The molecule has 1 aromatic carbocycles. The van der Waals surface area contributed by atoms with E-state index in [0.717, 1.165) is 17.1 Å². The largest absolute Gasteiger partial charge is 0.454 e. The number of aryl methyl sites for hydroxylation is 1. The molecule has 0 atom stereocenters. The third-order valence-electron chi connectivity index (χ3n) is 2.97. The van der Waals surface area contributed by atoms with Gasteiger partial charge in [0.15, 0.2) is 17.4 Å². The Kier molecular flexibility index (Phi) is 3.17. The van der Waals surface area contributed by atoms with Crippen molar-refractivity contribution >= 4 is 5.88 Å². The van der Waals surface area contributed by atoms with Crippen molar-refractivity contribution in [3.8, 4) is 17.6 Å². The maximum Gasteiger partial charge on any atom is 0.232 e. The van der Waals surface area contributed by atoms with Crippen LogP contribution in [0.2, 0.25) is 0 Å². The number of nitriles is 1. The second-order valence-corrected chi connectivity index (χ2v) is 4.29. The van der Waals surface area contributed by atoms with E-state index in [2.05, 4.69) is 10.3 Å². The molecule has 2 heterocycles. The lowest BCUT2D eigenvalue weighted by molar-refractivity contribution is 0.174. The van der Waals surface area contributed by atoms with Crippen molar-refractivity contribution in [1.29, 1.82) is 5.26 Å². The monoisotopic (exact) mass is 271 g/mol. The highest BCUT2D eigenvalue weighted by Crippen LogP contribution is 2.32. The zero-order valence-corrected chi connectivity index (χ0v) is 11.0. The minimum absolute atomic E-state index is 0.257. The summed E-state index contributed by atoms with van der Waals surface area (Å²) in [6.07, 6.45) is 0.653. The van der Waals surface area contributed by atoms with Gasteiger partial charge in [-0.1, -0.05) is 13.0 Å². The number of anilines is 1. The molecule has 0 bridgehead atoms. The van der Waals surface area contributed by atoms with Gasteiger partial charge in [0.05, 0.1) is 0 Å². The number of fused-ring (bicyclic) bond motifs is 1. The van der Waals surface area contributed by atoms with Crippen LogP contribution in [0.5, 0.6) is 11.5 Å². The van der Waals surface area contributed by atoms with Gasteiger partial charge in [-0.15, -0.1) is 0 Å². The lowest BCUT2D eigenvalue weighted by atomic mass is 10.2. The van der Waals surface area contributed by atoms with Crippen LogP contribution in [0, 0.1) is 11.3 Å². The third kappa shape index (κ3) is 2.26. The SMILES string of the molecule is CCc1nc(C#N)c(NCc2ccc3c(c2)OCO3)o1. The van der Waals surface area contributed by atoms with E-state index in [9.17, 15) is 0 Å². The topological polar surface area (TPSA) is 80.3 Å². The summed E-state index contributed by atoms with van der Waals surface area (Å²) in [4.78, 5) is 4.08. The molecule has 2 aromatic rings. The van der Waals surface area contributed by atoms with Gasteiger partial charge in [-0.3, -0.25) is 0 Å². The van der Waals surface area contributed by atoms with Crippen molar-refractivity contribution in [3.05, 3.63) is 35.3 Å². The molecule has 0 spiro atoms. The fourth-order valence-corrected chi connectivity index (χ4v) is 1.94. The average molecular weight is 271 g/mol. The van der Waals surface area contributed by atoms with E-state index in [0.29, 0.717) is 24.7 Å². The summed E-state index contributed by atoms with van der Waals surface area (Å²) < 4.78 is 16.0. The number of benzene rings is 1. The summed E-state index contributed by atoms with van der Waals surface area (Å²) in [5.74, 6) is 2.44. The van der Waals surface area contributed by atoms with Crippen LogP contribution in [-0.4, -0.2) is 11.8 Å². The molecule has 0 aliphatic carbocycles. The van der Waals surface area contributed by atoms with E-state index in [1.54, 1.807) is 0 Å². The van der Waals surface area contributed by atoms with Gasteiger partial charge >= 0.3 is 0 Å². The van der Waals surface area contributed by atoms with Gasteiger partial charge in [-0.2, -0.15) is 5.26 Å². The second-order valence-electron chi connectivity index (χ2n) is 4.29. The molecule has 1 aromatic heterocycles. The molecule has 1 aliphatic heterocycles. The molecule has 0 saturated heterocycles. The first-order chi connectivity index (χ1) is 9.80. The van der Waals surface area contributed by atoms with Gasteiger partial charge in [0, 0.05) is 13.0 Å². The Labute approximate surface area is 115 Å². The Morgan fingerprint density at radius 3 is 3.00 bits per heavy atom. The van der Waals surface area contributed by atoms with Crippen LogP contribution in [0.4, 0.5) is 5.88 Å². The fraction of sp³-hybridized carbons (Fsp3) is 0.286. The van der Waals surface area contributed by atoms with Crippen molar-refractivity contribution in [1.82, 2.24) is 4.98 Å². The Bertz CT molecular complexity index is 673. The van der Waals surface area contributed by atoms with Crippen molar-refractivity contribution in [2.75, 3.05) is 12.1 Å². The highest BCUT2D eigenvalue weighted by atomic mass is 16.7. The van der Waals surface area contributed by atoms with E-state index in [1.165, 1.54) is 0 Å². The van der Waals surface area contributed by atoms with Crippen molar-refractivity contribution in [2.24, 2.45) is 0 Å². The number of oxazole rings is 1. The summed E-state index contributed by atoms with van der Waals surface area (Å²) in [5, 5.41) is 12.1. The minimum atomic E-state index is 0.257. The highest BCUT2D eigenvalue weighted by molar-refractivity contribution is 5.48. The zero-order valence-electron chi connectivity index (χ0n) is 11.0. The van der Waals surface area contributed by atoms with Gasteiger partial charge in [0.2, 0.25) is 18.4 Å². The van der Waals surface area contributed by atoms with E-state index < -0.39 is 0 Å². The molecule has 0 saturated carbocycles. The smallest absolute Gasteiger partial charge is 0.232 e. The first-order valence-corrected chi connectivity index (χ1v) is 6.32. The normalized spacial score (nSPS) is 12.2. The Morgan fingerprint density at radius 1 is 1.35 bits per heavy atom. The lowest BCUT2D eigenvalue weighted by Crippen LogP contribution is -1.99. The quantitative estimate of drug-likeness (QED) is 0.920. The predicted octanol–water partition coefficient (Wildman–Crippen LogP) is 2.45. The summed E-state index contributed by atoms with van der Waals surface area (Å²) in [6.45, 7) is 2.70. The van der Waals surface area contributed by atoms with E-state index >= 15 is 0 Å². The molecule has 1 N–H and O–H groups in total. The molecule has 0 amide bonds. The molecule has 6 nitrogen and oxygen atoms in total. The molecular formula is C14H13N3O3. The molecule has 3 rings (SSSR count). The van der Waals surface area contributed by atoms with Crippen LogP contribution in [0.3, 0.4) is 0 Å². The van der Waals surface area contributed by atoms with Crippen molar-refractivity contribution in [3.63, 3.8) is 0 Å². The summed E-state index contributed by atoms with van der Waals surface area (Å²) in [7, 11) is 0. The number of ether oxygens (including phenoxy) is 2. The number of nitrogens with zero attached hydrogens (tertiary/aromatic N) is 2. The van der Waals surface area contributed by atoms with Crippen LogP contribution in [0.25, 0.3) is 0 Å². The van der Waals surface area contributed by atoms with Crippen LogP contribution in [0.15, 0.2) is 22.6 Å². The first kappa shape index (κ1) is 12.4. The third-order valence-corrected chi connectivity index (χ3v) is 2.97. The molecule has 20 heavy (non-hydrogen) atoms. The predicted molar refractivity (Wildman–Crippen MR) is 70.5 cm³/mol. The molecule has 102 valence electrons. The van der Waals surface area contributed by atoms with E-state index in [4.69, 9.17) is 19.2 Å². The van der Waals surface area contributed by atoms with Crippen molar-refractivity contribution < 1.29 is 13.9 Å². The zero-order chi connectivity index (χ0) is 13.9. The van der Waals surface area contributed by atoms with Crippen LogP contribution < -0.4 is 14.8 Å². The Balaban J connectivity index is 1.73. The molecule has 0 radical (unpaired) electrons. The number of rotatable bonds is 4. The highest BCUT2D eigenvalue weighted by Gasteiger charge is 2.14. The van der Waals surface area contributed by atoms with Gasteiger partial charge < -0.3 is 19.2 Å². The second kappa shape index (κ2) is 5.13. The molecule has 0 fully saturated rings. The van der Waals surface area contributed by atoms with Crippen molar-refractivity contribution in [2.45, 2.75) is 19.9 Å². The molecule has 1 aliphatic rings. The first-order valence-electron chi connectivity index (χ1n) is 6.32. The summed E-state index contributed by atoms with van der Waals surface area (Å²) >= 11 is 0. The number of hydrogen-bond donors (Lipinski definition) is 1. The van der Waals surface area contributed by atoms with Gasteiger partial charge in [0.1, 0.15) is 6.07 Å². The maximum atomic E-state index is 9.00. The van der Waals surface area contributed by atoms with Crippen LogP contribution in [0.1, 0.15) is 24.1 Å². The maximum absolute atomic E-state index is 9.00. The Hall–Kier alpha value is -2.68. The molecule has 6 heteroatoms.